The van der Waals surface area contributed by atoms with Crippen LogP contribution in [0, 0.1) is 0 Å². The van der Waals surface area contributed by atoms with Crippen LogP contribution in [0.25, 0.3) is 0 Å². The molecule has 3 nitrogen and oxygen atoms in total. The van der Waals surface area contributed by atoms with Crippen LogP contribution in [0.15, 0.2) is 28.7 Å². The Bertz CT molecular complexity index is 563. The second kappa shape index (κ2) is 4.90. The number of benzene rings is 1. The summed E-state index contributed by atoms with van der Waals surface area (Å²) < 4.78 is 5.39. The average Bonchev–Trinajstić information content (AvgIpc) is 3.13. The molecule has 94 valence electrons. The van der Waals surface area contributed by atoms with Crippen molar-refractivity contribution in [1.29, 1.82) is 0 Å². The Morgan fingerprint density at radius 3 is 2.89 bits per heavy atom. The van der Waals surface area contributed by atoms with Gasteiger partial charge in [-0.2, -0.15) is 4.37 Å². The maximum atomic E-state index is 5.93. The van der Waals surface area contributed by atoms with Gasteiger partial charge in [0.25, 0.3) is 0 Å². The quantitative estimate of drug-likeness (QED) is 0.894. The minimum atomic E-state index is 0.630. The molecule has 3 N–H and O–H groups in total. The lowest BCUT2D eigenvalue weighted by Gasteiger charge is -2.08. The topological polar surface area (TPSA) is 50.9 Å². The van der Waals surface area contributed by atoms with Crippen LogP contribution < -0.4 is 11.1 Å². The van der Waals surface area contributed by atoms with E-state index in [1.165, 1.54) is 35.5 Å². The number of hydrogen-bond acceptors (Lipinski definition) is 4. The van der Waals surface area contributed by atoms with Crippen molar-refractivity contribution in [3.63, 3.8) is 0 Å². The zero-order valence-electron chi connectivity index (χ0n) is 9.82. The summed E-state index contributed by atoms with van der Waals surface area (Å²) in [6.45, 7) is 0.794. The molecule has 1 fully saturated rings. The molecule has 1 saturated carbocycles. The first-order valence-electron chi connectivity index (χ1n) is 5.98. The third kappa shape index (κ3) is 2.37. The van der Waals surface area contributed by atoms with Gasteiger partial charge in [-0.25, -0.2) is 0 Å². The summed E-state index contributed by atoms with van der Waals surface area (Å²) in [6, 6.07) is 8.23. The number of nitrogens with two attached hydrogens (primary N) is 1. The lowest BCUT2D eigenvalue weighted by molar-refractivity contribution is 1.10. The Hall–Kier alpha value is -1.07. The minimum absolute atomic E-state index is 0.630. The van der Waals surface area contributed by atoms with E-state index in [-0.39, 0.29) is 0 Å². The zero-order chi connectivity index (χ0) is 12.5. The van der Waals surface area contributed by atoms with Gasteiger partial charge in [0.05, 0.1) is 0 Å². The number of hydrogen-bond donors (Lipinski definition) is 2. The van der Waals surface area contributed by atoms with Crippen LogP contribution in [0.3, 0.4) is 0 Å². The lowest BCUT2D eigenvalue weighted by Crippen LogP contribution is -2.01. The first-order valence-corrected chi connectivity index (χ1v) is 7.54. The third-order valence-corrected chi connectivity index (χ3v) is 4.75. The summed E-state index contributed by atoms with van der Waals surface area (Å²) in [6.07, 6.45) is 2.48. The summed E-state index contributed by atoms with van der Waals surface area (Å²) in [5.74, 6) is 1.34. The minimum Gasteiger partial charge on any atom is -0.383 e. The average molecular weight is 324 g/mol. The van der Waals surface area contributed by atoms with E-state index >= 15 is 0 Å². The van der Waals surface area contributed by atoms with Crippen molar-refractivity contribution in [1.82, 2.24) is 4.37 Å². The van der Waals surface area contributed by atoms with Crippen LogP contribution in [0.4, 0.5) is 10.8 Å². The zero-order valence-corrected chi connectivity index (χ0v) is 12.2. The Morgan fingerprint density at radius 2 is 2.17 bits per heavy atom. The molecule has 0 amide bonds. The molecule has 0 radical (unpaired) electrons. The normalized spacial score (nSPS) is 14.7. The molecule has 2 aromatic rings. The molecular formula is C13H14BrN3S. The summed E-state index contributed by atoms with van der Waals surface area (Å²) in [7, 11) is 0. The van der Waals surface area contributed by atoms with Crippen molar-refractivity contribution in [2.45, 2.75) is 25.3 Å². The second-order valence-electron chi connectivity index (χ2n) is 4.53. The molecule has 0 spiro atoms. The Labute approximate surface area is 119 Å². The molecule has 0 atom stereocenters. The maximum absolute atomic E-state index is 5.93. The summed E-state index contributed by atoms with van der Waals surface area (Å²) in [5.41, 5.74) is 8.40. The standard InChI is InChI=1S/C13H14BrN3S/c14-10-4-2-1-3-9(10)7-16-13-11(8-5-6-8)12(15)17-18-13/h1-4,8,16H,5-7H2,(H2,15,17). The fraction of sp³-hybridized carbons (Fsp3) is 0.308. The van der Waals surface area contributed by atoms with Gasteiger partial charge in [0.1, 0.15) is 10.8 Å². The largest absolute Gasteiger partial charge is 0.383 e. The van der Waals surface area contributed by atoms with Gasteiger partial charge in [-0.3, -0.25) is 0 Å². The van der Waals surface area contributed by atoms with Crippen molar-refractivity contribution in [2.75, 3.05) is 11.1 Å². The Morgan fingerprint density at radius 1 is 1.39 bits per heavy atom. The number of rotatable bonds is 4. The number of nitrogen functional groups attached to an aromatic ring is 1. The monoisotopic (exact) mass is 323 g/mol. The molecule has 1 aliphatic carbocycles. The van der Waals surface area contributed by atoms with Gasteiger partial charge < -0.3 is 11.1 Å². The SMILES string of the molecule is Nc1nsc(NCc2ccccc2Br)c1C1CC1. The van der Waals surface area contributed by atoms with Crippen molar-refractivity contribution in [2.24, 2.45) is 0 Å². The summed E-state index contributed by atoms with van der Waals surface area (Å²) >= 11 is 5.03. The van der Waals surface area contributed by atoms with Crippen molar-refractivity contribution >= 4 is 38.3 Å². The molecule has 1 aromatic carbocycles. The maximum Gasteiger partial charge on any atom is 0.142 e. The molecule has 0 aliphatic heterocycles. The van der Waals surface area contributed by atoms with E-state index in [0.717, 1.165) is 16.0 Å². The predicted molar refractivity (Wildman–Crippen MR) is 80.0 cm³/mol. The van der Waals surface area contributed by atoms with Crippen LogP contribution in [-0.2, 0) is 6.54 Å². The van der Waals surface area contributed by atoms with Gasteiger partial charge in [-0.05, 0) is 41.9 Å². The Kier molecular flexibility index (Phi) is 3.26. The first-order chi connectivity index (χ1) is 8.75. The number of nitrogens with one attached hydrogen (secondary N) is 1. The van der Waals surface area contributed by atoms with Crippen LogP contribution >= 0.6 is 27.5 Å². The predicted octanol–water partition coefficient (Wildman–Crippen LogP) is 3.98. The molecule has 0 saturated heterocycles. The van der Waals surface area contributed by atoms with Crippen LogP contribution in [0.2, 0.25) is 0 Å². The smallest absolute Gasteiger partial charge is 0.142 e. The van der Waals surface area contributed by atoms with E-state index in [1.807, 2.05) is 12.1 Å². The molecular weight excluding hydrogens is 310 g/mol. The van der Waals surface area contributed by atoms with E-state index in [9.17, 15) is 0 Å². The van der Waals surface area contributed by atoms with Gasteiger partial charge in [-0.15, -0.1) is 0 Å². The highest BCUT2D eigenvalue weighted by Crippen LogP contribution is 2.47. The highest BCUT2D eigenvalue weighted by Gasteiger charge is 2.30. The third-order valence-electron chi connectivity index (χ3n) is 3.14. The molecule has 1 heterocycles. The molecule has 1 aliphatic rings. The van der Waals surface area contributed by atoms with Gasteiger partial charge >= 0.3 is 0 Å². The Balaban J connectivity index is 1.76. The van der Waals surface area contributed by atoms with E-state index < -0.39 is 0 Å². The highest BCUT2D eigenvalue weighted by atomic mass is 79.9. The van der Waals surface area contributed by atoms with Gasteiger partial charge in [0.15, 0.2) is 0 Å². The molecule has 5 heteroatoms. The van der Waals surface area contributed by atoms with Crippen molar-refractivity contribution in [3.8, 4) is 0 Å². The van der Waals surface area contributed by atoms with Gasteiger partial charge in [0, 0.05) is 16.6 Å². The van der Waals surface area contributed by atoms with E-state index in [4.69, 9.17) is 5.73 Å². The van der Waals surface area contributed by atoms with Gasteiger partial charge in [0.2, 0.25) is 0 Å². The van der Waals surface area contributed by atoms with Crippen molar-refractivity contribution in [3.05, 3.63) is 39.9 Å². The molecule has 1 aromatic heterocycles. The summed E-state index contributed by atoms with van der Waals surface area (Å²) in [5, 5.41) is 4.59. The highest BCUT2D eigenvalue weighted by molar-refractivity contribution is 9.10. The number of aromatic nitrogens is 1. The number of anilines is 2. The van der Waals surface area contributed by atoms with Crippen LogP contribution in [0.1, 0.15) is 29.9 Å². The van der Waals surface area contributed by atoms with E-state index in [0.29, 0.717) is 11.7 Å². The van der Waals surface area contributed by atoms with Crippen LogP contribution in [-0.4, -0.2) is 4.37 Å². The first kappa shape index (κ1) is 12.0. The molecule has 18 heavy (non-hydrogen) atoms. The molecule has 0 bridgehead atoms. The number of nitrogens with zero attached hydrogens (tertiary/aromatic N) is 1. The second-order valence-corrected chi connectivity index (χ2v) is 6.16. The van der Waals surface area contributed by atoms with Crippen LogP contribution in [0.5, 0.6) is 0 Å². The lowest BCUT2D eigenvalue weighted by atomic mass is 10.2. The van der Waals surface area contributed by atoms with E-state index in [2.05, 4.69) is 37.8 Å². The van der Waals surface area contributed by atoms with E-state index in [1.54, 1.807) is 0 Å². The molecule has 3 rings (SSSR count). The molecule has 0 unspecified atom stereocenters. The summed E-state index contributed by atoms with van der Waals surface area (Å²) in [4.78, 5) is 0. The number of halogens is 1. The van der Waals surface area contributed by atoms with Crippen molar-refractivity contribution < 1.29 is 0 Å². The fourth-order valence-corrected chi connectivity index (χ4v) is 3.24. The van der Waals surface area contributed by atoms with Gasteiger partial charge in [-0.1, -0.05) is 34.1 Å². The fourth-order valence-electron chi connectivity index (χ4n) is 2.02.